The SMILES string of the molecule is CN1C(=O)N[C@H](c2ccc(Cl)cc2)C2=C1CN(c1cccc(O)c1)C2=O. The average molecular weight is 370 g/mol. The molecule has 1 atom stereocenters. The molecule has 0 aliphatic carbocycles. The summed E-state index contributed by atoms with van der Waals surface area (Å²) >= 11 is 5.95. The Morgan fingerprint density at radius 1 is 1.15 bits per heavy atom. The Hall–Kier alpha value is -2.99. The first-order chi connectivity index (χ1) is 12.5. The zero-order chi connectivity index (χ0) is 18.4. The molecule has 26 heavy (non-hydrogen) atoms. The number of halogens is 1. The largest absolute Gasteiger partial charge is 0.508 e. The van der Waals surface area contributed by atoms with E-state index in [1.165, 1.54) is 11.0 Å². The average Bonchev–Trinajstić information content (AvgIpc) is 2.97. The molecule has 0 aromatic heterocycles. The van der Waals surface area contributed by atoms with Gasteiger partial charge in [-0.05, 0) is 29.8 Å². The lowest BCUT2D eigenvalue weighted by molar-refractivity contribution is -0.114. The molecule has 6 nitrogen and oxygen atoms in total. The molecule has 2 aliphatic heterocycles. The van der Waals surface area contributed by atoms with Crippen LogP contribution in [0.4, 0.5) is 10.5 Å². The van der Waals surface area contributed by atoms with Crippen LogP contribution in [-0.2, 0) is 4.79 Å². The zero-order valence-corrected chi connectivity index (χ0v) is 14.7. The van der Waals surface area contributed by atoms with Crippen molar-refractivity contribution in [2.45, 2.75) is 6.04 Å². The summed E-state index contributed by atoms with van der Waals surface area (Å²) in [6, 6.07) is 12.8. The highest BCUT2D eigenvalue weighted by Gasteiger charge is 2.43. The fraction of sp³-hybridized carbons (Fsp3) is 0.158. The van der Waals surface area contributed by atoms with Crippen molar-refractivity contribution in [3.05, 3.63) is 70.4 Å². The molecule has 0 bridgehead atoms. The first-order valence-electron chi connectivity index (χ1n) is 8.09. The Morgan fingerprint density at radius 3 is 2.58 bits per heavy atom. The summed E-state index contributed by atoms with van der Waals surface area (Å²) < 4.78 is 0. The molecule has 3 amide bonds. The van der Waals surface area contributed by atoms with Gasteiger partial charge in [0, 0.05) is 23.8 Å². The third kappa shape index (κ3) is 2.59. The van der Waals surface area contributed by atoms with Gasteiger partial charge in [-0.25, -0.2) is 4.79 Å². The van der Waals surface area contributed by atoms with E-state index in [-0.39, 0.29) is 24.2 Å². The maximum Gasteiger partial charge on any atom is 0.322 e. The molecule has 2 aromatic carbocycles. The highest BCUT2D eigenvalue weighted by Crippen LogP contribution is 2.38. The predicted molar refractivity (Wildman–Crippen MR) is 98.0 cm³/mol. The zero-order valence-electron chi connectivity index (χ0n) is 13.9. The quantitative estimate of drug-likeness (QED) is 0.854. The molecule has 0 fully saturated rings. The summed E-state index contributed by atoms with van der Waals surface area (Å²) in [7, 11) is 1.64. The number of nitrogens with one attached hydrogen (secondary N) is 1. The summed E-state index contributed by atoms with van der Waals surface area (Å²) in [6.45, 7) is 0.269. The molecule has 2 N–H and O–H groups in total. The van der Waals surface area contributed by atoms with E-state index >= 15 is 0 Å². The van der Waals surface area contributed by atoms with Crippen LogP contribution in [0, 0.1) is 0 Å². The van der Waals surface area contributed by atoms with E-state index in [2.05, 4.69) is 5.32 Å². The van der Waals surface area contributed by atoms with Gasteiger partial charge < -0.3 is 15.3 Å². The van der Waals surface area contributed by atoms with Gasteiger partial charge in [0.15, 0.2) is 0 Å². The number of aromatic hydroxyl groups is 1. The van der Waals surface area contributed by atoms with E-state index < -0.39 is 6.04 Å². The number of carbonyl (C=O) groups is 2. The molecule has 4 rings (SSSR count). The van der Waals surface area contributed by atoms with Crippen LogP contribution < -0.4 is 10.2 Å². The van der Waals surface area contributed by atoms with Crippen LogP contribution in [0.1, 0.15) is 11.6 Å². The number of likely N-dealkylation sites (N-methyl/N-ethyl adjacent to an activating group) is 1. The third-order valence-corrected chi connectivity index (χ3v) is 4.96. The Balaban J connectivity index is 1.76. The normalized spacial score (nSPS) is 19.7. The number of hydrogen-bond acceptors (Lipinski definition) is 3. The number of urea groups is 1. The van der Waals surface area contributed by atoms with Gasteiger partial charge in [0.2, 0.25) is 0 Å². The Bertz CT molecular complexity index is 939. The molecule has 2 heterocycles. The predicted octanol–water partition coefficient (Wildman–Crippen LogP) is 3.04. The first-order valence-corrected chi connectivity index (χ1v) is 8.47. The van der Waals surface area contributed by atoms with Crippen molar-refractivity contribution in [3.63, 3.8) is 0 Å². The summed E-state index contributed by atoms with van der Waals surface area (Å²) in [5, 5.41) is 13.2. The van der Waals surface area contributed by atoms with Crippen LogP contribution in [0.25, 0.3) is 0 Å². The number of carbonyl (C=O) groups excluding carboxylic acids is 2. The van der Waals surface area contributed by atoms with E-state index in [1.807, 2.05) is 0 Å². The molecule has 0 saturated carbocycles. The van der Waals surface area contributed by atoms with E-state index in [4.69, 9.17) is 11.6 Å². The van der Waals surface area contributed by atoms with Crippen molar-refractivity contribution in [2.75, 3.05) is 18.5 Å². The maximum absolute atomic E-state index is 13.1. The highest BCUT2D eigenvalue weighted by molar-refractivity contribution is 6.30. The van der Waals surface area contributed by atoms with E-state index in [0.29, 0.717) is 22.0 Å². The van der Waals surface area contributed by atoms with Gasteiger partial charge >= 0.3 is 6.03 Å². The topological polar surface area (TPSA) is 72.9 Å². The van der Waals surface area contributed by atoms with Gasteiger partial charge in [-0.1, -0.05) is 29.8 Å². The molecule has 132 valence electrons. The lowest BCUT2D eigenvalue weighted by Gasteiger charge is -2.31. The summed E-state index contributed by atoms with van der Waals surface area (Å²) in [5.74, 6) is -0.116. The van der Waals surface area contributed by atoms with Gasteiger partial charge in [0.1, 0.15) is 5.75 Å². The number of hydrogen-bond donors (Lipinski definition) is 2. The Morgan fingerprint density at radius 2 is 1.88 bits per heavy atom. The smallest absolute Gasteiger partial charge is 0.322 e. The van der Waals surface area contributed by atoms with Crippen molar-refractivity contribution >= 4 is 29.2 Å². The number of anilines is 1. The summed E-state index contributed by atoms with van der Waals surface area (Å²) in [6.07, 6.45) is 0. The monoisotopic (exact) mass is 369 g/mol. The minimum atomic E-state index is -0.541. The van der Waals surface area contributed by atoms with Crippen LogP contribution >= 0.6 is 11.6 Å². The lowest BCUT2D eigenvalue weighted by Crippen LogP contribution is -2.45. The number of benzene rings is 2. The number of amides is 3. The number of phenols is 1. The Kier molecular flexibility index (Phi) is 3.85. The molecular weight excluding hydrogens is 354 g/mol. The van der Waals surface area contributed by atoms with Crippen LogP contribution in [0.2, 0.25) is 5.02 Å². The first kappa shape index (κ1) is 16.5. The molecule has 0 saturated heterocycles. The number of phenolic OH excluding ortho intramolecular Hbond substituents is 1. The van der Waals surface area contributed by atoms with Crippen molar-refractivity contribution < 1.29 is 14.7 Å². The molecule has 0 unspecified atom stereocenters. The van der Waals surface area contributed by atoms with Crippen molar-refractivity contribution in [3.8, 4) is 5.75 Å². The van der Waals surface area contributed by atoms with Crippen molar-refractivity contribution in [2.24, 2.45) is 0 Å². The summed E-state index contributed by atoms with van der Waals surface area (Å²) in [4.78, 5) is 28.5. The Labute approximate surface area is 155 Å². The van der Waals surface area contributed by atoms with Crippen LogP contribution in [0.15, 0.2) is 59.8 Å². The molecule has 2 aliphatic rings. The van der Waals surface area contributed by atoms with Crippen molar-refractivity contribution in [1.82, 2.24) is 10.2 Å². The molecule has 2 aromatic rings. The fourth-order valence-corrected chi connectivity index (χ4v) is 3.47. The molecule has 7 heteroatoms. The fourth-order valence-electron chi connectivity index (χ4n) is 3.34. The lowest BCUT2D eigenvalue weighted by atomic mass is 9.96. The van der Waals surface area contributed by atoms with Gasteiger partial charge in [-0.15, -0.1) is 0 Å². The van der Waals surface area contributed by atoms with Gasteiger partial charge in [0.25, 0.3) is 5.91 Å². The summed E-state index contributed by atoms with van der Waals surface area (Å²) in [5.41, 5.74) is 2.55. The van der Waals surface area contributed by atoms with Crippen LogP contribution in [0.5, 0.6) is 5.75 Å². The third-order valence-electron chi connectivity index (χ3n) is 4.71. The van der Waals surface area contributed by atoms with E-state index in [1.54, 1.807) is 54.4 Å². The maximum atomic E-state index is 13.1. The minimum absolute atomic E-state index is 0.0805. The minimum Gasteiger partial charge on any atom is -0.508 e. The number of nitrogens with zero attached hydrogens (tertiary/aromatic N) is 2. The second-order valence-corrected chi connectivity index (χ2v) is 6.70. The standard InChI is InChI=1S/C19H16ClN3O3/c1-22-15-10-23(13-3-2-4-14(24)9-13)18(25)16(15)17(21-19(22)26)11-5-7-12(20)8-6-11/h2-9,17,24H,10H2,1H3,(H,21,26)/t17-/m1/s1. The molecular formula is C19H16ClN3O3. The molecule has 0 spiro atoms. The highest BCUT2D eigenvalue weighted by atomic mass is 35.5. The van der Waals surface area contributed by atoms with Gasteiger partial charge in [-0.2, -0.15) is 0 Å². The molecule has 0 radical (unpaired) electrons. The second kappa shape index (κ2) is 6.07. The van der Waals surface area contributed by atoms with E-state index in [9.17, 15) is 14.7 Å². The number of rotatable bonds is 2. The van der Waals surface area contributed by atoms with Crippen LogP contribution in [-0.4, -0.2) is 35.5 Å². The van der Waals surface area contributed by atoms with E-state index in [0.717, 1.165) is 5.56 Å². The van der Waals surface area contributed by atoms with Gasteiger partial charge in [-0.3, -0.25) is 9.69 Å². The van der Waals surface area contributed by atoms with Gasteiger partial charge in [0.05, 0.1) is 23.9 Å². The second-order valence-electron chi connectivity index (χ2n) is 6.26. The van der Waals surface area contributed by atoms with Crippen LogP contribution in [0.3, 0.4) is 0 Å². The van der Waals surface area contributed by atoms with Crippen molar-refractivity contribution in [1.29, 1.82) is 0 Å².